The van der Waals surface area contributed by atoms with Crippen LogP contribution in [0, 0.1) is 13.8 Å². The van der Waals surface area contributed by atoms with Gasteiger partial charge in [-0.05, 0) is 49.2 Å². The number of rotatable bonds is 7. The second-order valence-electron chi connectivity index (χ2n) is 8.28. The molecule has 2 aromatic carbocycles. The molecule has 8 nitrogen and oxygen atoms in total. The molecule has 2 N–H and O–H groups in total. The number of phenols is 1. The highest BCUT2D eigenvalue weighted by Gasteiger charge is 2.46. The molecular weight excluding hydrogens is 587 g/mol. The largest absolute Gasteiger partial charge is 0.508 e. The fourth-order valence-electron chi connectivity index (χ4n) is 4.01. The number of Topliss-reactive ketones (excluding diaryl/α,β-unsaturated/α-hetero) is 1. The topological polar surface area (TPSA) is 117 Å². The first-order chi connectivity index (χ1) is 18.1. The molecule has 0 aliphatic carbocycles. The number of aliphatic hydroxyl groups excluding tert-OH is 1. The summed E-state index contributed by atoms with van der Waals surface area (Å²) >= 11 is 16.0. The molecule has 1 aliphatic heterocycles. The minimum Gasteiger partial charge on any atom is -0.508 e. The predicted octanol–water partition coefficient (Wildman–Crippen LogP) is 6.70. The Morgan fingerprint density at radius 1 is 1.08 bits per heavy atom. The van der Waals surface area contributed by atoms with Gasteiger partial charge in [0, 0.05) is 15.8 Å². The Balaban J connectivity index is 1.50. The summed E-state index contributed by atoms with van der Waals surface area (Å²) in [6.07, 6.45) is 0. The zero-order chi connectivity index (χ0) is 27.1. The van der Waals surface area contributed by atoms with E-state index in [4.69, 9.17) is 23.2 Å². The Hall–Kier alpha value is -2.96. The van der Waals surface area contributed by atoms with Crippen molar-refractivity contribution >= 4 is 74.5 Å². The van der Waals surface area contributed by atoms with Gasteiger partial charge in [0.05, 0.1) is 27.2 Å². The maximum Gasteiger partial charge on any atom is 0.296 e. The Morgan fingerprint density at radius 2 is 1.82 bits per heavy atom. The summed E-state index contributed by atoms with van der Waals surface area (Å²) in [7, 11) is 0. The van der Waals surface area contributed by atoms with Gasteiger partial charge in [-0.3, -0.25) is 14.5 Å². The molecular formula is C25H18Cl2N4O4S3. The third-order valence-corrected chi connectivity index (χ3v) is 9.50. The highest BCUT2D eigenvalue weighted by Crippen LogP contribution is 2.45. The number of nitrogens with zero attached hydrogens (tertiary/aromatic N) is 4. The lowest BCUT2D eigenvalue weighted by Crippen LogP contribution is -2.31. The molecule has 0 radical (unpaired) electrons. The minimum absolute atomic E-state index is 0.0232. The number of benzene rings is 2. The van der Waals surface area contributed by atoms with Gasteiger partial charge in [0.25, 0.3) is 5.91 Å². The number of halogens is 2. The van der Waals surface area contributed by atoms with Crippen molar-refractivity contribution in [3.63, 3.8) is 0 Å². The zero-order valence-electron chi connectivity index (χ0n) is 19.8. The van der Waals surface area contributed by atoms with E-state index in [2.05, 4.69) is 15.2 Å². The third-order valence-electron chi connectivity index (χ3n) is 5.74. The van der Waals surface area contributed by atoms with E-state index in [1.165, 1.54) is 40.1 Å². The second-order valence-corrected chi connectivity index (χ2v) is 12.5. The van der Waals surface area contributed by atoms with Crippen LogP contribution in [0.25, 0.3) is 0 Å². The number of carbonyl (C=O) groups is 2. The number of thioether (sulfide) groups is 1. The van der Waals surface area contributed by atoms with Crippen molar-refractivity contribution in [1.29, 1.82) is 0 Å². The number of hydrogen-bond donors (Lipinski definition) is 2. The second kappa shape index (κ2) is 10.7. The van der Waals surface area contributed by atoms with Crippen molar-refractivity contribution in [2.24, 2.45) is 0 Å². The Bertz CT molecular complexity index is 1600. The maximum atomic E-state index is 13.7. The summed E-state index contributed by atoms with van der Waals surface area (Å²) in [5, 5.41) is 31.1. The van der Waals surface area contributed by atoms with E-state index in [9.17, 15) is 19.8 Å². The molecule has 0 saturated carbocycles. The van der Waals surface area contributed by atoms with Crippen molar-refractivity contribution in [3.8, 4) is 5.75 Å². The van der Waals surface area contributed by atoms with Crippen LogP contribution in [0.2, 0.25) is 10.0 Å². The van der Waals surface area contributed by atoms with E-state index in [1.54, 1.807) is 38.1 Å². The molecule has 0 fully saturated rings. The molecule has 1 aliphatic rings. The Morgan fingerprint density at radius 3 is 2.47 bits per heavy atom. The summed E-state index contributed by atoms with van der Waals surface area (Å²) in [5.74, 6) is -1.39. The minimum atomic E-state index is -0.978. The number of anilines is 1. The van der Waals surface area contributed by atoms with Gasteiger partial charge in [-0.1, -0.05) is 64.5 Å². The standard InChI is InChI=1S/C25H18Cl2N4O4S3/c1-11-22(37-12(2)28-11)20(33)18-19(13-4-7-16(32)8-5-13)31(23(35)21(18)34)24-29-30-25(38-24)36-10-14-3-6-15(26)9-17(14)27/h3-9,19,32,34H,10H2,1-2H3. The van der Waals surface area contributed by atoms with Crippen molar-refractivity contribution in [2.45, 2.75) is 30.0 Å². The van der Waals surface area contributed by atoms with Crippen LogP contribution in [0.3, 0.4) is 0 Å². The first-order valence-corrected chi connectivity index (χ1v) is 14.5. The first kappa shape index (κ1) is 26.6. The van der Waals surface area contributed by atoms with E-state index < -0.39 is 23.5 Å². The highest BCUT2D eigenvalue weighted by atomic mass is 35.5. The van der Waals surface area contributed by atoms with Crippen molar-refractivity contribution in [1.82, 2.24) is 15.2 Å². The molecule has 0 saturated heterocycles. The highest BCUT2D eigenvalue weighted by molar-refractivity contribution is 8.00. The molecule has 0 spiro atoms. The van der Waals surface area contributed by atoms with E-state index in [1.807, 2.05) is 6.07 Å². The number of aliphatic hydroxyl groups is 1. The van der Waals surface area contributed by atoms with Crippen LogP contribution >= 0.6 is 57.6 Å². The fourth-order valence-corrected chi connectivity index (χ4v) is 7.31. The molecule has 1 amide bonds. The number of aromatic hydroxyl groups is 1. The van der Waals surface area contributed by atoms with Gasteiger partial charge in [0.1, 0.15) is 5.75 Å². The summed E-state index contributed by atoms with van der Waals surface area (Å²) in [4.78, 5) is 32.9. The van der Waals surface area contributed by atoms with Crippen LogP contribution in [-0.4, -0.2) is 37.1 Å². The lowest BCUT2D eigenvalue weighted by molar-refractivity contribution is -0.117. The van der Waals surface area contributed by atoms with Crippen LogP contribution in [-0.2, 0) is 10.5 Å². The van der Waals surface area contributed by atoms with Gasteiger partial charge in [0.15, 0.2) is 10.1 Å². The summed E-state index contributed by atoms with van der Waals surface area (Å²) in [5.41, 5.74) is 1.81. The molecule has 0 bridgehead atoms. The zero-order valence-corrected chi connectivity index (χ0v) is 23.8. The van der Waals surface area contributed by atoms with E-state index in [-0.39, 0.29) is 16.5 Å². The average molecular weight is 606 g/mol. The van der Waals surface area contributed by atoms with Gasteiger partial charge in [-0.2, -0.15) is 0 Å². The third kappa shape index (κ3) is 5.04. The van der Waals surface area contributed by atoms with Crippen LogP contribution < -0.4 is 4.90 Å². The smallest absolute Gasteiger partial charge is 0.296 e. The first-order valence-electron chi connectivity index (χ1n) is 11.1. The monoisotopic (exact) mass is 604 g/mol. The van der Waals surface area contributed by atoms with E-state index >= 15 is 0 Å². The molecule has 13 heteroatoms. The van der Waals surface area contributed by atoms with E-state index in [0.29, 0.717) is 41.3 Å². The number of hydrogen-bond acceptors (Lipinski definition) is 10. The number of aromatic nitrogens is 3. The number of carbonyl (C=O) groups excluding carboxylic acids is 2. The van der Waals surface area contributed by atoms with Gasteiger partial charge < -0.3 is 10.2 Å². The van der Waals surface area contributed by atoms with E-state index in [0.717, 1.165) is 16.9 Å². The molecule has 2 aromatic heterocycles. The molecule has 1 unspecified atom stereocenters. The molecule has 38 heavy (non-hydrogen) atoms. The number of phenolic OH excluding ortho intramolecular Hbond substituents is 1. The summed E-state index contributed by atoms with van der Waals surface area (Å²) in [6, 6.07) is 10.4. The summed E-state index contributed by atoms with van der Waals surface area (Å²) in [6.45, 7) is 3.49. The van der Waals surface area contributed by atoms with Crippen molar-refractivity contribution < 1.29 is 19.8 Å². The maximum absolute atomic E-state index is 13.7. The van der Waals surface area contributed by atoms with Gasteiger partial charge >= 0.3 is 0 Å². The normalized spacial score (nSPS) is 15.5. The molecule has 5 rings (SSSR count). The average Bonchev–Trinajstić information content (AvgIpc) is 3.55. The number of aryl methyl sites for hydroxylation is 2. The van der Waals surface area contributed by atoms with Gasteiger partial charge in [-0.25, -0.2) is 4.98 Å². The Labute approximate surface area is 239 Å². The lowest BCUT2D eigenvalue weighted by Gasteiger charge is -2.24. The SMILES string of the molecule is Cc1nc(C)c(C(=O)C2=C(O)C(=O)N(c3nnc(SCc4ccc(Cl)cc4Cl)s3)C2c2ccc(O)cc2)s1. The van der Waals surface area contributed by atoms with Crippen LogP contribution in [0.1, 0.15) is 37.5 Å². The van der Waals surface area contributed by atoms with Crippen molar-refractivity contribution in [2.75, 3.05) is 4.90 Å². The number of amides is 1. The van der Waals surface area contributed by atoms with Crippen LogP contribution in [0.15, 0.2) is 58.1 Å². The van der Waals surface area contributed by atoms with Crippen LogP contribution in [0.5, 0.6) is 5.75 Å². The number of thiazole rings is 1. The quantitative estimate of drug-likeness (QED) is 0.136. The molecule has 3 heterocycles. The molecule has 1 atom stereocenters. The molecule has 4 aromatic rings. The fraction of sp³-hybridized carbons (Fsp3) is 0.160. The summed E-state index contributed by atoms with van der Waals surface area (Å²) < 4.78 is 0.566. The lowest BCUT2D eigenvalue weighted by atomic mass is 9.95. The molecule has 194 valence electrons. The number of ketones is 1. The van der Waals surface area contributed by atoms with Gasteiger partial charge in [0.2, 0.25) is 10.9 Å². The predicted molar refractivity (Wildman–Crippen MR) is 150 cm³/mol. The van der Waals surface area contributed by atoms with Crippen molar-refractivity contribution in [3.05, 3.63) is 90.5 Å². The van der Waals surface area contributed by atoms with Crippen LogP contribution in [0.4, 0.5) is 5.13 Å². The van der Waals surface area contributed by atoms with Gasteiger partial charge in [-0.15, -0.1) is 21.5 Å². The Kier molecular flexibility index (Phi) is 7.47.